The van der Waals surface area contributed by atoms with Crippen LogP contribution in [0.15, 0.2) is 65.3 Å². The first-order valence-electron chi connectivity index (χ1n) is 12.2. The number of hydrogen-bond donors (Lipinski definition) is 1. The number of carbonyl (C=O) groups excluding carboxylic acids is 1. The van der Waals surface area contributed by atoms with Crippen LogP contribution < -0.4 is 5.32 Å². The van der Waals surface area contributed by atoms with Gasteiger partial charge in [-0.2, -0.15) is 0 Å². The summed E-state index contributed by atoms with van der Waals surface area (Å²) in [7, 11) is 0. The maximum atomic E-state index is 13.6. The zero-order valence-electron chi connectivity index (χ0n) is 20.3. The number of halogens is 1. The van der Waals surface area contributed by atoms with Crippen molar-refractivity contribution in [2.75, 3.05) is 0 Å². The molecule has 0 spiro atoms. The zero-order chi connectivity index (χ0) is 24.5. The summed E-state index contributed by atoms with van der Waals surface area (Å²) in [5.41, 5.74) is 5.77. The van der Waals surface area contributed by atoms with Gasteiger partial charge in [0.2, 0.25) is 0 Å². The van der Waals surface area contributed by atoms with E-state index < -0.39 is 0 Å². The van der Waals surface area contributed by atoms with Crippen LogP contribution in [0.5, 0.6) is 0 Å². The van der Waals surface area contributed by atoms with Crippen LogP contribution >= 0.6 is 0 Å². The van der Waals surface area contributed by atoms with Gasteiger partial charge in [-0.1, -0.05) is 36.6 Å². The van der Waals surface area contributed by atoms with E-state index in [1.165, 1.54) is 30.5 Å². The van der Waals surface area contributed by atoms with Gasteiger partial charge < -0.3 is 14.3 Å². The minimum atomic E-state index is -0.291. The molecule has 0 aliphatic heterocycles. The van der Waals surface area contributed by atoms with E-state index in [1.807, 2.05) is 19.3 Å². The summed E-state index contributed by atoms with van der Waals surface area (Å²) < 4.78 is 21.8. The van der Waals surface area contributed by atoms with Crippen molar-refractivity contribution in [2.24, 2.45) is 0 Å². The van der Waals surface area contributed by atoms with E-state index in [1.54, 1.807) is 18.2 Å². The molecule has 5 rings (SSSR count). The van der Waals surface area contributed by atoms with Crippen molar-refractivity contribution in [3.8, 4) is 22.7 Å². The lowest BCUT2D eigenvalue weighted by Crippen LogP contribution is -2.26. The van der Waals surface area contributed by atoms with Gasteiger partial charge in [-0.3, -0.25) is 4.79 Å². The van der Waals surface area contributed by atoms with Crippen molar-refractivity contribution in [1.29, 1.82) is 0 Å². The molecule has 6 heteroatoms. The molecule has 180 valence electrons. The molecule has 0 saturated heterocycles. The minimum Gasteiger partial charge on any atom is -0.449 e. The van der Waals surface area contributed by atoms with E-state index in [2.05, 4.69) is 46.9 Å². The van der Waals surface area contributed by atoms with E-state index in [4.69, 9.17) is 4.42 Å². The van der Waals surface area contributed by atoms with Crippen molar-refractivity contribution in [3.63, 3.8) is 0 Å². The SMILES string of the molecule is Cc1ccc([C@@H](C)NC(=O)c2ccc(-c3c(-c4ccc(F)cc4)ncn3C3CCCC3)o2)c(C)c1. The summed E-state index contributed by atoms with van der Waals surface area (Å²) in [6.45, 7) is 6.08. The van der Waals surface area contributed by atoms with Crippen LogP contribution in [0.4, 0.5) is 4.39 Å². The maximum absolute atomic E-state index is 13.6. The molecule has 2 aromatic heterocycles. The van der Waals surface area contributed by atoms with Crippen LogP contribution in [-0.2, 0) is 0 Å². The quantitative estimate of drug-likeness (QED) is 0.324. The van der Waals surface area contributed by atoms with Crippen molar-refractivity contribution in [3.05, 3.63) is 89.2 Å². The molecule has 2 heterocycles. The third kappa shape index (κ3) is 4.65. The Labute approximate surface area is 205 Å². The maximum Gasteiger partial charge on any atom is 0.287 e. The van der Waals surface area contributed by atoms with E-state index in [0.717, 1.165) is 40.9 Å². The Bertz CT molecular complexity index is 1350. The van der Waals surface area contributed by atoms with Crippen LogP contribution in [0.2, 0.25) is 0 Å². The molecule has 1 saturated carbocycles. The Balaban J connectivity index is 1.45. The number of aryl methyl sites for hydroxylation is 2. The fraction of sp³-hybridized carbons (Fsp3) is 0.310. The third-order valence-corrected chi connectivity index (χ3v) is 6.93. The number of amides is 1. The van der Waals surface area contributed by atoms with Crippen LogP contribution in [-0.4, -0.2) is 15.5 Å². The van der Waals surface area contributed by atoms with Gasteiger partial charge in [0.1, 0.15) is 11.5 Å². The summed E-state index contributed by atoms with van der Waals surface area (Å²) in [5.74, 6) is 0.276. The van der Waals surface area contributed by atoms with Gasteiger partial charge in [0.15, 0.2) is 11.5 Å². The van der Waals surface area contributed by atoms with Crippen LogP contribution in [0.3, 0.4) is 0 Å². The number of hydrogen-bond acceptors (Lipinski definition) is 3. The molecular formula is C29H30FN3O2. The van der Waals surface area contributed by atoms with Gasteiger partial charge in [-0.05, 0) is 81.1 Å². The van der Waals surface area contributed by atoms with Gasteiger partial charge in [0.25, 0.3) is 5.91 Å². The first-order chi connectivity index (χ1) is 16.9. The molecule has 1 amide bonds. The number of furan rings is 1. The minimum absolute atomic E-state index is 0.157. The number of aromatic nitrogens is 2. The molecule has 1 fully saturated rings. The number of rotatable bonds is 6. The standard InChI is InChI=1S/C29H30FN3O2/c1-18-8-13-24(19(2)16-18)20(3)32-29(34)26-15-14-25(35-26)28-27(21-9-11-22(30)12-10-21)31-17-33(28)23-6-4-5-7-23/h8-17,20,23H,4-7H2,1-3H3,(H,32,34)/t20-/m1/s1. The number of carbonyl (C=O) groups is 1. The zero-order valence-corrected chi connectivity index (χ0v) is 20.3. The molecule has 1 aliphatic carbocycles. The average Bonchev–Trinajstić information content (AvgIpc) is 3.59. The summed E-state index contributed by atoms with van der Waals surface area (Å²) in [6, 6.07) is 16.2. The third-order valence-electron chi connectivity index (χ3n) is 6.93. The number of benzene rings is 2. The highest BCUT2D eigenvalue weighted by Gasteiger charge is 2.26. The van der Waals surface area contributed by atoms with E-state index >= 15 is 0 Å². The molecule has 1 atom stereocenters. The monoisotopic (exact) mass is 471 g/mol. The summed E-state index contributed by atoms with van der Waals surface area (Å²) >= 11 is 0. The molecular weight excluding hydrogens is 441 g/mol. The van der Waals surface area contributed by atoms with Gasteiger partial charge in [0.05, 0.1) is 18.1 Å². The van der Waals surface area contributed by atoms with Crippen LogP contribution in [0.1, 0.15) is 71.9 Å². The molecule has 1 N–H and O–H groups in total. The normalized spacial score (nSPS) is 14.9. The van der Waals surface area contributed by atoms with Crippen molar-refractivity contribution in [2.45, 2.75) is 58.5 Å². The van der Waals surface area contributed by atoms with E-state index in [9.17, 15) is 9.18 Å². The molecule has 1 aliphatic rings. The highest BCUT2D eigenvalue weighted by atomic mass is 19.1. The lowest BCUT2D eigenvalue weighted by atomic mass is 10.0. The Morgan fingerprint density at radius 1 is 1.09 bits per heavy atom. The fourth-order valence-electron chi connectivity index (χ4n) is 5.13. The molecule has 2 aromatic carbocycles. The average molecular weight is 472 g/mol. The lowest BCUT2D eigenvalue weighted by Gasteiger charge is -2.16. The second kappa shape index (κ2) is 9.53. The Kier molecular flexibility index (Phi) is 6.29. The largest absolute Gasteiger partial charge is 0.449 e. The molecule has 0 unspecified atom stereocenters. The Morgan fingerprint density at radius 3 is 2.54 bits per heavy atom. The number of nitrogens with zero attached hydrogens (tertiary/aromatic N) is 2. The van der Waals surface area contributed by atoms with Crippen LogP contribution in [0.25, 0.3) is 22.7 Å². The smallest absolute Gasteiger partial charge is 0.287 e. The fourth-order valence-corrected chi connectivity index (χ4v) is 5.13. The van der Waals surface area contributed by atoms with Crippen molar-refractivity contribution in [1.82, 2.24) is 14.9 Å². The number of imidazole rings is 1. The highest BCUT2D eigenvalue weighted by Crippen LogP contribution is 2.39. The summed E-state index contributed by atoms with van der Waals surface area (Å²) in [4.78, 5) is 17.7. The van der Waals surface area contributed by atoms with E-state index in [-0.39, 0.29) is 23.5 Å². The second-order valence-electron chi connectivity index (χ2n) is 9.51. The predicted octanol–water partition coefficient (Wildman–Crippen LogP) is 7.17. The summed E-state index contributed by atoms with van der Waals surface area (Å²) in [5, 5.41) is 3.06. The van der Waals surface area contributed by atoms with E-state index in [0.29, 0.717) is 11.8 Å². The molecule has 35 heavy (non-hydrogen) atoms. The Hall–Kier alpha value is -3.67. The summed E-state index contributed by atoms with van der Waals surface area (Å²) in [6.07, 6.45) is 6.35. The van der Waals surface area contributed by atoms with Crippen LogP contribution in [0, 0.1) is 19.7 Å². The first kappa shape index (κ1) is 23.1. The van der Waals surface area contributed by atoms with Gasteiger partial charge >= 0.3 is 0 Å². The predicted molar refractivity (Wildman–Crippen MR) is 135 cm³/mol. The van der Waals surface area contributed by atoms with Crippen molar-refractivity contribution >= 4 is 5.91 Å². The molecule has 0 bridgehead atoms. The molecule has 5 nitrogen and oxygen atoms in total. The number of nitrogens with one attached hydrogen (secondary N) is 1. The Morgan fingerprint density at radius 2 is 1.83 bits per heavy atom. The van der Waals surface area contributed by atoms with Gasteiger partial charge in [0, 0.05) is 11.6 Å². The topological polar surface area (TPSA) is 60.1 Å². The van der Waals surface area contributed by atoms with Gasteiger partial charge in [-0.25, -0.2) is 9.37 Å². The molecule has 0 radical (unpaired) electrons. The first-order valence-corrected chi connectivity index (χ1v) is 12.2. The molecule has 4 aromatic rings. The lowest BCUT2D eigenvalue weighted by molar-refractivity contribution is 0.0912. The van der Waals surface area contributed by atoms with Gasteiger partial charge in [-0.15, -0.1) is 0 Å². The van der Waals surface area contributed by atoms with Crippen molar-refractivity contribution < 1.29 is 13.6 Å². The highest BCUT2D eigenvalue weighted by molar-refractivity contribution is 5.92. The second-order valence-corrected chi connectivity index (χ2v) is 9.51.